The van der Waals surface area contributed by atoms with E-state index in [9.17, 15) is 4.79 Å². The third kappa shape index (κ3) is 3.89. The van der Waals surface area contributed by atoms with Crippen LogP contribution in [0.3, 0.4) is 0 Å². The summed E-state index contributed by atoms with van der Waals surface area (Å²) in [6, 6.07) is 7.48. The van der Waals surface area contributed by atoms with Crippen molar-refractivity contribution in [3.63, 3.8) is 0 Å². The van der Waals surface area contributed by atoms with Gasteiger partial charge >= 0.3 is 0 Å². The van der Waals surface area contributed by atoms with Crippen LogP contribution in [0.2, 0.25) is 0 Å². The molecule has 1 saturated heterocycles. The van der Waals surface area contributed by atoms with Crippen molar-refractivity contribution in [2.45, 2.75) is 38.0 Å². The van der Waals surface area contributed by atoms with Crippen LogP contribution in [0.1, 0.15) is 43.5 Å². The molecule has 0 spiro atoms. The van der Waals surface area contributed by atoms with Crippen LogP contribution in [0, 0.1) is 0 Å². The summed E-state index contributed by atoms with van der Waals surface area (Å²) in [5, 5.41) is -0.594. The van der Waals surface area contributed by atoms with Crippen LogP contribution in [-0.2, 0) is 4.79 Å². The molecule has 2 rings (SSSR count). The second kappa shape index (κ2) is 7.53. The standard InChI is InChI=1S/C16H22ClNO2/c1-2-20-14-9-7-13(8-10-14)15(17)16(19)18-11-5-3-4-6-12-18/h7-10,15H,2-6,11-12H2,1H3. The van der Waals surface area contributed by atoms with E-state index >= 15 is 0 Å². The summed E-state index contributed by atoms with van der Waals surface area (Å²) in [7, 11) is 0. The molecule has 0 aromatic heterocycles. The van der Waals surface area contributed by atoms with Crippen LogP contribution in [0.5, 0.6) is 5.75 Å². The molecule has 3 nitrogen and oxygen atoms in total. The summed E-state index contributed by atoms with van der Waals surface area (Å²) >= 11 is 6.34. The summed E-state index contributed by atoms with van der Waals surface area (Å²) in [4.78, 5) is 14.3. The van der Waals surface area contributed by atoms with Crippen molar-refractivity contribution in [3.05, 3.63) is 29.8 Å². The number of amides is 1. The van der Waals surface area contributed by atoms with Crippen molar-refractivity contribution in [2.75, 3.05) is 19.7 Å². The number of carbonyl (C=O) groups excluding carboxylic acids is 1. The second-order valence-electron chi connectivity index (χ2n) is 5.10. The number of hydrogen-bond donors (Lipinski definition) is 0. The van der Waals surface area contributed by atoms with Crippen LogP contribution in [0.25, 0.3) is 0 Å². The summed E-state index contributed by atoms with van der Waals surface area (Å²) < 4.78 is 5.40. The van der Waals surface area contributed by atoms with Gasteiger partial charge in [0, 0.05) is 13.1 Å². The first-order valence-electron chi connectivity index (χ1n) is 7.38. The minimum absolute atomic E-state index is 0.0257. The second-order valence-corrected chi connectivity index (χ2v) is 5.54. The van der Waals surface area contributed by atoms with Gasteiger partial charge in [0.25, 0.3) is 0 Å². The predicted molar refractivity (Wildman–Crippen MR) is 81.3 cm³/mol. The van der Waals surface area contributed by atoms with Crippen LogP contribution in [-0.4, -0.2) is 30.5 Å². The lowest BCUT2D eigenvalue weighted by molar-refractivity contribution is -0.130. The van der Waals surface area contributed by atoms with Crippen molar-refractivity contribution < 1.29 is 9.53 Å². The quantitative estimate of drug-likeness (QED) is 0.791. The summed E-state index contributed by atoms with van der Waals surface area (Å²) in [5.41, 5.74) is 0.837. The van der Waals surface area contributed by atoms with E-state index in [4.69, 9.17) is 16.3 Å². The molecule has 1 heterocycles. The van der Waals surface area contributed by atoms with Gasteiger partial charge in [0.1, 0.15) is 11.1 Å². The number of benzene rings is 1. The van der Waals surface area contributed by atoms with Crippen LogP contribution < -0.4 is 4.74 Å². The molecule has 1 aromatic rings. The molecule has 4 heteroatoms. The van der Waals surface area contributed by atoms with Gasteiger partial charge in [-0.1, -0.05) is 25.0 Å². The van der Waals surface area contributed by atoms with Gasteiger partial charge in [-0.3, -0.25) is 4.79 Å². The fourth-order valence-electron chi connectivity index (χ4n) is 2.49. The molecule has 1 aliphatic rings. The molecule has 0 radical (unpaired) electrons. The van der Waals surface area contributed by atoms with Gasteiger partial charge in [-0.15, -0.1) is 11.6 Å². The molecule has 1 unspecified atom stereocenters. The lowest BCUT2D eigenvalue weighted by Crippen LogP contribution is -2.34. The van der Waals surface area contributed by atoms with Gasteiger partial charge in [-0.05, 0) is 37.5 Å². The maximum absolute atomic E-state index is 12.4. The molecular formula is C16H22ClNO2. The lowest BCUT2D eigenvalue weighted by Gasteiger charge is -2.23. The molecule has 0 bridgehead atoms. The van der Waals surface area contributed by atoms with E-state index in [0.717, 1.165) is 37.2 Å². The summed E-state index contributed by atoms with van der Waals surface area (Å²) in [5.74, 6) is 0.833. The molecule has 1 amide bonds. The van der Waals surface area contributed by atoms with Crippen LogP contribution >= 0.6 is 11.6 Å². The number of halogens is 1. The van der Waals surface area contributed by atoms with E-state index in [2.05, 4.69) is 0 Å². The van der Waals surface area contributed by atoms with Crippen molar-refractivity contribution in [1.29, 1.82) is 0 Å². The molecular weight excluding hydrogens is 274 g/mol. The average Bonchev–Trinajstić information content (AvgIpc) is 2.76. The third-order valence-corrected chi connectivity index (χ3v) is 4.06. The molecule has 20 heavy (non-hydrogen) atoms. The Balaban J connectivity index is 2.01. The minimum Gasteiger partial charge on any atom is -0.494 e. The summed E-state index contributed by atoms with van der Waals surface area (Å²) in [6.45, 7) is 4.25. The Labute approximate surface area is 125 Å². The van der Waals surface area contributed by atoms with Gasteiger partial charge in [0.05, 0.1) is 6.61 Å². The summed E-state index contributed by atoms with van der Waals surface area (Å²) in [6.07, 6.45) is 4.58. The normalized spacial score (nSPS) is 17.4. The highest BCUT2D eigenvalue weighted by atomic mass is 35.5. The Hall–Kier alpha value is -1.22. The Morgan fingerprint density at radius 3 is 2.35 bits per heavy atom. The topological polar surface area (TPSA) is 29.5 Å². The van der Waals surface area contributed by atoms with Gasteiger partial charge < -0.3 is 9.64 Å². The molecule has 0 saturated carbocycles. The monoisotopic (exact) mass is 295 g/mol. The molecule has 1 atom stereocenters. The average molecular weight is 296 g/mol. The first-order chi connectivity index (χ1) is 9.72. The molecule has 0 aliphatic carbocycles. The number of carbonyl (C=O) groups is 1. The third-order valence-electron chi connectivity index (χ3n) is 3.62. The van der Waals surface area contributed by atoms with Crippen molar-refractivity contribution in [2.24, 2.45) is 0 Å². The number of rotatable bonds is 4. The molecule has 1 aliphatic heterocycles. The fourth-order valence-corrected chi connectivity index (χ4v) is 2.78. The molecule has 110 valence electrons. The Morgan fingerprint density at radius 2 is 1.80 bits per heavy atom. The van der Waals surface area contributed by atoms with E-state index in [1.807, 2.05) is 36.1 Å². The van der Waals surface area contributed by atoms with Crippen LogP contribution in [0.15, 0.2) is 24.3 Å². The van der Waals surface area contributed by atoms with E-state index in [-0.39, 0.29) is 5.91 Å². The van der Waals surface area contributed by atoms with Gasteiger partial charge in [-0.25, -0.2) is 0 Å². The first-order valence-corrected chi connectivity index (χ1v) is 7.81. The van der Waals surface area contributed by atoms with Gasteiger partial charge in [0.2, 0.25) is 5.91 Å². The highest BCUT2D eigenvalue weighted by molar-refractivity contribution is 6.30. The fraction of sp³-hybridized carbons (Fsp3) is 0.562. The zero-order valence-electron chi connectivity index (χ0n) is 12.0. The van der Waals surface area contributed by atoms with Crippen molar-refractivity contribution in [3.8, 4) is 5.75 Å². The van der Waals surface area contributed by atoms with E-state index in [1.54, 1.807) is 0 Å². The van der Waals surface area contributed by atoms with Crippen molar-refractivity contribution >= 4 is 17.5 Å². The van der Waals surface area contributed by atoms with Crippen LogP contribution in [0.4, 0.5) is 0 Å². The highest BCUT2D eigenvalue weighted by Gasteiger charge is 2.24. The molecule has 1 aromatic carbocycles. The zero-order chi connectivity index (χ0) is 14.4. The number of nitrogens with zero attached hydrogens (tertiary/aromatic N) is 1. The Morgan fingerprint density at radius 1 is 1.20 bits per heavy atom. The molecule has 0 N–H and O–H groups in total. The zero-order valence-corrected chi connectivity index (χ0v) is 12.7. The van der Waals surface area contributed by atoms with Gasteiger partial charge in [0.15, 0.2) is 0 Å². The maximum atomic E-state index is 12.4. The largest absolute Gasteiger partial charge is 0.494 e. The van der Waals surface area contributed by atoms with Gasteiger partial charge in [-0.2, -0.15) is 0 Å². The minimum atomic E-state index is -0.594. The highest BCUT2D eigenvalue weighted by Crippen LogP contribution is 2.26. The number of ether oxygens (including phenoxy) is 1. The van der Waals surface area contributed by atoms with E-state index in [1.165, 1.54) is 12.8 Å². The van der Waals surface area contributed by atoms with Crippen molar-refractivity contribution in [1.82, 2.24) is 4.90 Å². The number of alkyl halides is 1. The van der Waals surface area contributed by atoms with E-state index < -0.39 is 5.38 Å². The van der Waals surface area contributed by atoms with E-state index in [0.29, 0.717) is 6.61 Å². The maximum Gasteiger partial charge on any atom is 0.245 e. The lowest BCUT2D eigenvalue weighted by atomic mass is 10.1. The molecule has 1 fully saturated rings. The SMILES string of the molecule is CCOc1ccc(C(Cl)C(=O)N2CCCCCC2)cc1. The predicted octanol–water partition coefficient (Wildman–Crippen LogP) is 3.77. The smallest absolute Gasteiger partial charge is 0.245 e. The Kier molecular flexibility index (Phi) is 5.72. The number of hydrogen-bond acceptors (Lipinski definition) is 2. The Bertz CT molecular complexity index is 425. The first kappa shape index (κ1) is 15.2. The number of likely N-dealkylation sites (tertiary alicyclic amines) is 1.